The van der Waals surface area contributed by atoms with Crippen molar-refractivity contribution in [1.82, 2.24) is 10.3 Å². The van der Waals surface area contributed by atoms with Crippen LogP contribution in [0.25, 0.3) is 10.2 Å². The van der Waals surface area contributed by atoms with Gasteiger partial charge in [0.1, 0.15) is 0 Å². The van der Waals surface area contributed by atoms with Gasteiger partial charge >= 0.3 is 0 Å². The first-order valence-electron chi connectivity index (χ1n) is 7.35. The fraction of sp³-hybridized carbons (Fsp3) is 0.562. The van der Waals surface area contributed by atoms with Crippen molar-refractivity contribution in [2.45, 2.75) is 51.5 Å². The van der Waals surface area contributed by atoms with E-state index in [1.165, 1.54) is 46.6 Å². The van der Waals surface area contributed by atoms with Crippen LogP contribution >= 0.6 is 11.3 Å². The van der Waals surface area contributed by atoms with E-state index in [1.54, 1.807) is 0 Å². The van der Waals surface area contributed by atoms with Crippen LogP contribution in [0.5, 0.6) is 0 Å². The van der Waals surface area contributed by atoms with Crippen LogP contribution in [0.4, 0.5) is 0 Å². The van der Waals surface area contributed by atoms with Crippen molar-refractivity contribution in [2.75, 3.05) is 6.54 Å². The van der Waals surface area contributed by atoms with E-state index in [-0.39, 0.29) is 0 Å². The zero-order valence-corrected chi connectivity index (χ0v) is 12.6. The molecule has 19 heavy (non-hydrogen) atoms. The van der Waals surface area contributed by atoms with Gasteiger partial charge in [-0.15, -0.1) is 11.3 Å². The summed E-state index contributed by atoms with van der Waals surface area (Å²) in [7, 11) is 0. The molecule has 1 aromatic heterocycles. The average Bonchev–Trinajstić information content (AvgIpc) is 2.83. The number of rotatable bonds is 3. The minimum absolute atomic E-state index is 0.529. The number of nitrogens with one attached hydrogen (secondary N) is 1. The molecule has 2 heterocycles. The highest BCUT2D eigenvalue weighted by molar-refractivity contribution is 7.18. The number of nitrogens with zero attached hydrogens (tertiary/aromatic N) is 1. The third kappa shape index (κ3) is 2.98. The molecule has 2 aromatic rings. The van der Waals surface area contributed by atoms with Crippen molar-refractivity contribution >= 4 is 21.6 Å². The Morgan fingerprint density at radius 2 is 2.26 bits per heavy atom. The molecule has 1 N–H and O–H groups in total. The van der Waals surface area contributed by atoms with Gasteiger partial charge in [0.2, 0.25) is 0 Å². The lowest BCUT2D eigenvalue weighted by Gasteiger charge is -2.23. The summed E-state index contributed by atoms with van der Waals surface area (Å²) in [5.41, 5.74) is 2.61. The summed E-state index contributed by atoms with van der Waals surface area (Å²) >= 11 is 1.83. The molecular formula is C16H22N2S. The Morgan fingerprint density at radius 1 is 1.37 bits per heavy atom. The number of benzene rings is 1. The quantitative estimate of drug-likeness (QED) is 0.911. The van der Waals surface area contributed by atoms with E-state index in [4.69, 9.17) is 4.98 Å². The van der Waals surface area contributed by atoms with E-state index in [0.29, 0.717) is 12.0 Å². The van der Waals surface area contributed by atoms with Gasteiger partial charge in [0.25, 0.3) is 0 Å². The predicted molar refractivity (Wildman–Crippen MR) is 83.1 cm³/mol. The molecule has 0 amide bonds. The van der Waals surface area contributed by atoms with Crippen molar-refractivity contribution in [2.24, 2.45) is 0 Å². The number of piperidine rings is 1. The minimum Gasteiger partial charge on any atom is -0.314 e. The molecule has 0 spiro atoms. The Bertz CT molecular complexity index is 553. The zero-order valence-electron chi connectivity index (χ0n) is 11.8. The summed E-state index contributed by atoms with van der Waals surface area (Å²) < 4.78 is 1.32. The Balaban J connectivity index is 1.80. The fourth-order valence-corrected chi connectivity index (χ4v) is 3.70. The Morgan fingerprint density at radius 3 is 3.00 bits per heavy atom. The van der Waals surface area contributed by atoms with Crippen molar-refractivity contribution in [3.8, 4) is 0 Å². The molecule has 0 radical (unpaired) electrons. The zero-order chi connectivity index (χ0) is 13.2. The maximum absolute atomic E-state index is 4.76. The van der Waals surface area contributed by atoms with E-state index < -0.39 is 0 Å². The van der Waals surface area contributed by atoms with Gasteiger partial charge < -0.3 is 5.32 Å². The number of hydrogen-bond acceptors (Lipinski definition) is 3. The van der Waals surface area contributed by atoms with E-state index in [2.05, 4.69) is 37.4 Å². The van der Waals surface area contributed by atoms with Crippen LogP contribution in [0.1, 0.15) is 49.6 Å². The van der Waals surface area contributed by atoms with E-state index in [1.807, 2.05) is 11.3 Å². The Labute approximate surface area is 119 Å². The van der Waals surface area contributed by atoms with Gasteiger partial charge in [0, 0.05) is 12.0 Å². The largest absolute Gasteiger partial charge is 0.314 e. The number of fused-ring (bicyclic) bond motifs is 1. The van der Waals surface area contributed by atoms with Crippen molar-refractivity contribution in [3.63, 3.8) is 0 Å². The maximum atomic E-state index is 4.76. The van der Waals surface area contributed by atoms with E-state index in [9.17, 15) is 0 Å². The van der Waals surface area contributed by atoms with Crippen molar-refractivity contribution in [1.29, 1.82) is 0 Å². The molecule has 1 unspecified atom stereocenters. The van der Waals surface area contributed by atoms with Crippen LogP contribution in [-0.4, -0.2) is 17.6 Å². The lowest BCUT2D eigenvalue weighted by atomic mass is 9.98. The highest BCUT2D eigenvalue weighted by Crippen LogP contribution is 2.28. The van der Waals surface area contributed by atoms with Crippen LogP contribution in [-0.2, 0) is 6.42 Å². The summed E-state index contributed by atoms with van der Waals surface area (Å²) in [6.45, 7) is 5.61. The lowest BCUT2D eigenvalue weighted by Crippen LogP contribution is -2.35. The van der Waals surface area contributed by atoms with Crippen LogP contribution < -0.4 is 5.32 Å². The molecular weight excluding hydrogens is 252 g/mol. The first-order chi connectivity index (χ1) is 9.22. The summed E-state index contributed by atoms with van der Waals surface area (Å²) in [5.74, 6) is 0.529. The summed E-state index contributed by atoms with van der Waals surface area (Å²) in [5, 5.41) is 4.87. The third-order valence-corrected chi connectivity index (χ3v) is 5.19. The molecule has 1 atom stereocenters. The SMILES string of the molecule is CC(C)c1nc2cc(CC3CCCCN3)ccc2s1. The van der Waals surface area contributed by atoms with Crippen LogP contribution in [0.2, 0.25) is 0 Å². The molecule has 1 saturated heterocycles. The molecule has 1 aromatic carbocycles. The molecule has 3 heteroatoms. The monoisotopic (exact) mass is 274 g/mol. The van der Waals surface area contributed by atoms with Gasteiger partial charge in [-0.3, -0.25) is 0 Å². The maximum Gasteiger partial charge on any atom is 0.0963 e. The highest BCUT2D eigenvalue weighted by Gasteiger charge is 2.14. The van der Waals surface area contributed by atoms with Crippen LogP contribution in [0.3, 0.4) is 0 Å². The first kappa shape index (κ1) is 13.1. The molecule has 0 aliphatic carbocycles. The molecule has 102 valence electrons. The molecule has 1 fully saturated rings. The van der Waals surface area contributed by atoms with Gasteiger partial charge in [0.05, 0.1) is 15.2 Å². The smallest absolute Gasteiger partial charge is 0.0963 e. The number of thiazole rings is 1. The third-order valence-electron chi connectivity index (χ3n) is 3.86. The highest BCUT2D eigenvalue weighted by atomic mass is 32.1. The van der Waals surface area contributed by atoms with Gasteiger partial charge in [-0.1, -0.05) is 26.3 Å². The van der Waals surface area contributed by atoms with Gasteiger partial charge in [-0.2, -0.15) is 0 Å². The normalized spacial score (nSPS) is 20.3. The lowest BCUT2D eigenvalue weighted by molar-refractivity contribution is 0.399. The molecule has 2 nitrogen and oxygen atoms in total. The topological polar surface area (TPSA) is 24.9 Å². The van der Waals surface area contributed by atoms with Gasteiger partial charge in [-0.05, 0) is 43.5 Å². The molecule has 3 rings (SSSR count). The number of hydrogen-bond donors (Lipinski definition) is 1. The molecule has 1 aliphatic rings. The minimum atomic E-state index is 0.529. The first-order valence-corrected chi connectivity index (χ1v) is 8.17. The second-order valence-electron chi connectivity index (χ2n) is 5.86. The van der Waals surface area contributed by atoms with Gasteiger partial charge in [-0.25, -0.2) is 4.98 Å². The van der Waals surface area contributed by atoms with E-state index in [0.717, 1.165) is 6.42 Å². The van der Waals surface area contributed by atoms with Crippen LogP contribution in [0.15, 0.2) is 18.2 Å². The van der Waals surface area contributed by atoms with Crippen molar-refractivity contribution < 1.29 is 0 Å². The fourth-order valence-electron chi connectivity index (χ4n) is 2.75. The Hall–Kier alpha value is -0.930. The van der Waals surface area contributed by atoms with Crippen molar-refractivity contribution in [3.05, 3.63) is 28.8 Å². The molecule has 0 bridgehead atoms. The second-order valence-corrected chi connectivity index (χ2v) is 6.92. The standard InChI is InChI=1S/C16H22N2S/c1-11(2)16-18-14-10-12(6-7-15(14)19-16)9-13-5-3-4-8-17-13/h6-7,10-11,13,17H,3-5,8-9H2,1-2H3. The van der Waals surface area contributed by atoms with Gasteiger partial charge in [0.15, 0.2) is 0 Å². The predicted octanol–water partition coefficient (Wildman–Crippen LogP) is 4.10. The molecule has 1 aliphatic heterocycles. The summed E-state index contributed by atoms with van der Waals surface area (Å²) in [6, 6.07) is 7.47. The summed E-state index contributed by atoms with van der Waals surface area (Å²) in [6.07, 6.45) is 5.16. The molecule has 0 saturated carbocycles. The average molecular weight is 274 g/mol. The Kier molecular flexibility index (Phi) is 3.85. The number of aromatic nitrogens is 1. The van der Waals surface area contributed by atoms with Crippen LogP contribution in [0, 0.1) is 0 Å². The summed E-state index contributed by atoms with van der Waals surface area (Å²) in [4.78, 5) is 4.76. The van der Waals surface area contributed by atoms with E-state index >= 15 is 0 Å². The second kappa shape index (κ2) is 5.59.